The van der Waals surface area contributed by atoms with Crippen molar-refractivity contribution in [1.29, 1.82) is 0 Å². The van der Waals surface area contributed by atoms with Gasteiger partial charge in [-0.15, -0.1) is 0 Å². The number of rotatable bonds is 5. The highest BCUT2D eigenvalue weighted by Crippen LogP contribution is 2.22. The van der Waals surface area contributed by atoms with Crippen LogP contribution < -0.4 is 10.1 Å². The van der Waals surface area contributed by atoms with Gasteiger partial charge in [-0.05, 0) is 37.6 Å². The zero-order chi connectivity index (χ0) is 18.5. The molecule has 7 heteroatoms. The zero-order valence-electron chi connectivity index (χ0n) is 14.4. The molecule has 0 aliphatic rings. The van der Waals surface area contributed by atoms with Gasteiger partial charge in [0.15, 0.2) is 0 Å². The molecular formula is C19H17FN4O2. The molecule has 3 heterocycles. The van der Waals surface area contributed by atoms with E-state index in [1.807, 2.05) is 6.92 Å². The first-order valence-corrected chi connectivity index (χ1v) is 8.08. The molecule has 1 N–H and O–H groups in total. The Bertz CT molecular complexity index is 932. The zero-order valence-corrected chi connectivity index (χ0v) is 14.4. The minimum absolute atomic E-state index is 0.187. The lowest BCUT2D eigenvalue weighted by Crippen LogP contribution is -2.16. The number of pyridine rings is 3. The summed E-state index contributed by atoms with van der Waals surface area (Å²) >= 11 is 0. The van der Waals surface area contributed by atoms with E-state index in [0.717, 1.165) is 0 Å². The first kappa shape index (κ1) is 17.5. The van der Waals surface area contributed by atoms with Crippen LogP contribution in [0.1, 0.15) is 28.8 Å². The van der Waals surface area contributed by atoms with Crippen LogP contribution in [0.2, 0.25) is 0 Å². The number of aromatic nitrogens is 3. The van der Waals surface area contributed by atoms with Crippen LogP contribution in [-0.4, -0.2) is 20.9 Å². The number of nitrogens with one attached hydrogen (secondary N) is 1. The van der Waals surface area contributed by atoms with Gasteiger partial charge < -0.3 is 10.1 Å². The third kappa shape index (κ3) is 4.18. The standard InChI is InChI=1S/C19H17FN4O2/c1-3-13-9-15(26-14-5-4-8-21-11-14)10-17(23-13)19(25)24-18-7-6-16(20)12(2)22-18/h4-11H,3H2,1-2H3,(H,22,24,25). The van der Waals surface area contributed by atoms with Gasteiger partial charge in [0.2, 0.25) is 0 Å². The normalized spacial score (nSPS) is 10.4. The second-order valence-electron chi connectivity index (χ2n) is 5.54. The van der Waals surface area contributed by atoms with Crippen molar-refractivity contribution < 1.29 is 13.9 Å². The average molecular weight is 352 g/mol. The quantitative estimate of drug-likeness (QED) is 0.753. The Morgan fingerprint density at radius 1 is 1.19 bits per heavy atom. The molecule has 132 valence electrons. The van der Waals surface area contributed by atoms with Gasteiger partial charge in [-0.2, -0.15) is 0 Å². The molecule has 3 rings (SSSR count). The van der Waals surface area contributed by atoms with Crippen LogP contribution in [-0.2, 0) is 6.42 Å². The van der Waals surface area contributed by atoms with Crippen LogP contribution >= 0.6 is 0 Å². The minimum Gasteiger partial charge on any atom is -0.456 e. The Balaban J connectivity index is 1.84. The fraction of sp³-hybridized carbons (Fsp3) is 0.158. The third-order valence-electron chi connectivity index (χ3n) is 3.58. The monoisotopic (exact) mass is 352 g/mol. The van der Waals surface area contributed by atoms with E-state index in [-0.39, 0.29) is 17.2 Å². The van der Waals surface area contributed by atoms with E-state index in [1.54, 1.807) is 30.6 Å². The Morgan fingerprint density at radius 2 is 2.04 bits per heavy atom. The number of aryl methyl sites for hydroxylation is 2. The number of nitrogens with zero attached hydrogens (tertiary/aromatic N) is 3. The predicted octanol–water partition coefficient (Wildman–Crippen LogP) is 3.93. The molecule has 0 bridgehead atoms. The minimum atomic E-state index is -0.449. The highest BCUT2D eigenvalue weighted by Gasteiger charge is 2.13. The fourth-order valence-electron chi connectivity index (χ4n) is 2.25. The Hall–Kier alpha value is -3.35. The molecule has 0 fully saturated rings. The maximum absolute atomic E-state index is 13.3. The molecule has 0 saturated heterocycles. The lowest BCUT2D eigenvalue weighted by Gasteiger charge is -2.10. The molecule has 0 spiro atoms. The summed E-state index contributed by atoms with van der Waals surface area (Å²) < 4.78 is 19.1. The lowest BCUT2D eigenvalue weighted by molar-refractivity contribution is 0.102. The van der Waals surface area contributed by atoms with Crippen LogP contribution in [0.5, 0.6) is 11.5 Å². The van der Waals surface area contributed by atoms with Gasteiger partial charge in [-0.25, -0.2) is 14.4 Å². The van der Waals surface area contributed by atoms with E-state index in [2.05, 4.69) is 20.3 Å². The summed E-state index contributed by atoms with van der Waals surface area (Å²) in [6, 6.07) is 9.49. The summed E-state index contributed by atoms with van der Waals surface area (Å²) in [6.45, 7) is 3.46. The van der Waals surface area contributed by atoms with E-state index >= 15 is 0 Å². The molecule has 0 atom stereocenters. The van der Waals surface area contributed by atoms with Crippen LogP contribution in [0.3, 0.4) is 0 Å². The number of hydrogen-bond donors (Lipinski definition) is 1. The van der Waals surface area contributed by atoms with Gasteiger partial charge in [0.05, 0.1) is 11.9 Å². The van der Waals surface area contributed by atoms with Crippen molar-refractivity contribution in [3.05, 3.63) is 71.7 Å². The topological polar surface area (TPSA) is 77.0 Å². The number of amides is 1. The molecular weight excluding hydrogens is 335 g/mol. The second-order valence-corrected chi connectivity index (χ2v) is 5.54. The molecule has 1 amide bonds. The molecule has 0 aliphatic heterocycles. The Morgan fingerprint density at radius 3 is 2.73 bits per heavy atom. The van der Waals surface area contributed by atoms with E-state index in [9.17, 15) is 9.18 Å². The lowest BCUT2D eigenvalue weighted by atomic mass is 10.2. The van der Waals surface area contributed by atoms with Crippen LogP contribution in [0, 0.1) is 12.7 Å². The van der Waals surface area contributed by atoms with Gasteiger partial charge in [-0.3, -0.25) is 9.78 Å². The van der Waals surface area contributed by atoms with Crippen molar-refractivity contribution in [1.82, 2.24) is 15.0 Å². The van der Waals surface area contributed by atoms with Gasteiger partial charge >= 0.3 is 0 Å². The van der Waals surface area contributed by atoms with Crippen molar-refractivity contribution in [2.24, 2.45) is 0 Å². The van der Waals surface area contributed by atoms with Crippen LogP contribution in [0.25, 0.3) is 0 Å². The summed E-state index contributed by atoms with van der Waals surface area (Å²) in [5.41, 5.74) is 1.10. The summed E-state index contributed by atoms with van der Waals surface area (Å²) in [4.78, 5) is 24.8. The first-order valence-electron chi connectivity index (χ1n) is 8.08. The van der Waals surface area contributed by atoms with Crippen molar-refractivity contribution >= 4 is 11.7 Å². The summed E-state index contributed by atoms with van der Waals surface area (Å²) in [6.07, 6.45) is 3.86. The van der Waals surface area contributed by atoms with E-state index in [0.29, 0.717) is 23.6 Å². The molecule has 0 aromatic carbocycles. The Labute approximate surface area is 150 Å². The maximum atomic E-state index is 13.3. The van der Waals surface area contributed by atoms with Crippen LogP contribution in [0.15, 0.2) is 48.8 Å². The fourth-order valence-corrected chi connectivity index (χ4v) is 2.25. The number of halogens is 1. The SMILES string of the molecule is CCc1cc(Oc2cccnc2)cc(C(=O)Nc2ccc(F)c(C)n2)n1. The molecule has 0 radical (unpaired) electrons. The third-order valence-corrected chi connectivity index (χ3v) is 3.58. The van der Waals surface area contributed by atoms with Gasteiger partial charge in [0.1, 0.15) is 28.8 Å². The van der Waals surface area contributed by atoms with E-state index in [1.165, 1.54) is 25.1 Å². The summed E-state index contributed by atoms with van der Waals surface area (Å²) in [5, 5.41) is 2.62. The number of carbonyl (C=O) groups is 1. The largest absolute Gasteiger partial charge is 0.456 e. The Kier molecular flexibility index (Phi) is 5.17. The van der Waals surface area contributed by atoms with Crippen molar-refractivity contribution in [3.8, 4) is 11.5 Å². The van der Waals surface area contributed by atoms with E-state index < -0.39 is 11.7 Å². The number of ether oxygens (including phenoxy) is 1. The molecule has 3 aromatic rings. The van der Waals surface area contributed by atoms with Crippen LogP contribution in [0.4, 0.5) is 10.2 Å². The molecule has 0 aliphatic carbocycles. The summed E-state index contributed by atoms with van der Waals surface area (Å²) in [7, 11) is 0. The number of anilines is 1. The van der Waals surface area contributed by atoms with Crippen molar-refractivity contribution in [2.45, 2.75) is 20.3 Å². The maximum Gasteiger partial charge on any atom is 0.275 e. The molecule has 3 aromatic heterocycles. The number of carbonyl (C=O) groups excluding carboxylic acids is 1. The molecule has 6 nitrogen and oxygen atoms in total. The second kappa shape index (κ2) is 7.69. The molecule has 26 heavy (non-hydrogen) atoms. The van der Waals surface area contributed by atoms with Crippen molar-refractivity contribution in [3.63, 3.8) is 0 Å². The van der Waals surface area contributed by atoms with Gasteiger partial charge in [0.25, 0.3) is 5.91 Å². The average Bonchev–Trinajstić information content (AvgIpc) is 2.65. The van der Waals surface area contributed by atoms with Gasteiger partial charge in [-0.1, -0.05) is 6.92 Å². The summed E-state index contributed by atoms with van der Waals surface area (Å²) in [5.74, 6) is 0.421. The van der Waals surface area contributed by atoms with E-state index in [4.69, 9.17) is 4.74 Å². The predicted molar refractivity (Wildman–Crippen MR) is 94.8 cm³/mol. The van der Waals surface area contributed by atoms with Crippen molar-refractivity contribution in [2.75, 3.05) is 5.32 Å². The smallest absolute Gasteiger partial charge is 0.275 e. The molecule has 0 saturated carbocycles. The molecule has 0 unspecified atom stereocenters. The van der Waals surface area contributed by atoms with Gasteiger partial charge in [0, 0.05) is 24.0 Å². The number of hydrogen-bond acceptors (Lipinski definition) is 5. The highest BCUT2D eigenvalue weighted by atomic mass is 19.1. The first-order chi connectivity index (χ1) is 12.5. The highest BCUT2D eigenvalue weighted by molar-refractivity contribution is 6.02.